The van der Waals surface area contributed by atoms with Crippen molar-refractivity contribution in [3.8, 4) is 5.75 Å². The maximum absolute atomic E-state index is 13.2. The Balaban J connectivity index is 1.48. The Morgan fingerprint density at radius 2 is 1.64 bits per heavy atom. The van der Waals surface area contributed by atoms with Gasteiger partial charge in [-0.05, 0) is 74.9 Å². The second-order valence-electron chi connectivity index (χ2n) is 9.73. The number of amides is 1. The maximum Gasteiger partial charge on any atom is 0.262 e. The highest BCUT2D eigenvalue weighted by atomic mass is 79.9. The van der Waals surface area contributed by atoms with Crippen LogP contribution in [-0.4, -0.2) is 24.1 Å². The summed E-state index contributed by atoms with van der Waals surface area (Å²) in [7, 11) is 0. The van der Waals surface area contributed by atoms with Crippen LogP contribution in [0.3, 0.4) is 0 Å². The molecule has 0 atom stereocenters. The molecule has 7 heteroatoms. The molecule has 6 nitrogen and oxygen atoms in total. The third kappa shape index (κ3) is 4.76. The number of rotatable bonds is 5. The average Bonchev–Trinajstić information content (AvgIpc) is 2.84. The van der Waals surface area contributed by atoms with Gasteiger partial charge in [0.05, 0.1) is 0 Å². The monoisotopic (exact) mass is 548 g/mol. The molecule has 1 aliphatic heterocycles. The first kappa shape index (κ1) is 24.5. The minimum Gasteiger partial charge on any atom is -0.483 e. The van der Waals surface area contributed by atoms with Gasteiger partial charge in [-0.15, -0.1) is 0 Å². The summed E-state index contributed by atoms with van der Waals surface area (Å²) in [5.41, 5.74) is 6.68. The van der Waals surface area contributed by atoms with Crippen molar-refractivity contribution in [2.45, 2.75) is 58.3 Å². The van der Waals surface area contributed by atoms with Crippen LogP contribution in [0.4, 0.5) is 5.69 Å². The van der Waals surface area contributed by atoms with Gasteiger partial charge in [-0.2, -0.15) is 0 Å². The van der Waals surface area contributed by atoms with Gasteiger partial charge in [0, 0.05) is 57.0 Å². The van der Waals surface area contributed by atoms with Crippen LogP contribution in [0, 0.1) is 13.8 Å². The second kappa shape index (κ2) is 10.1. The number of hydrogen-bond acceptors (Lipinski definition) is 5. The van der Waals surface area contributed by atoms with E-state index in [1.807, 2.05) is 44.2 Å². The fraction of sp³-hybridized carbons (Fsp3) is 0.345. The molecular weight excluding hydrogens is 520 g/mol. The van der Waals surface area contributed by atoms with Crippen molar-refractivity contribution in [2.75, 3.05) is 11.9 Å². The summed E-state index contributed by atoms with van der Waals surface area (Å²) in [5, 5.41) is 6.37. The number of Topliss-reactive ketones (excluding diaryl/α,β-unsaturated/α-hetero) is 2. The molecule has 0 spiro atoms. The fourth-order valence-electron chi connectivity index (χ4n) is 5.37. The van der Waals surface area contributed by atoms with Crippen LogP contribution < -0.4 is 15.4 Å². The number of carbonyl (C=O) groups excluding carboxylic acids is 3. The van der Waals surface area contributed by atoms with Crippen molar-refractivity contribution in [3.63, 3.8) is 0 Å². The molecule has 0 saturated carbocycles. The highest BCUT2D eigenvalue weighted by molar-refractivity contribution is 9.10. The van der Waals surface area contributed by atoms with Crippen molar-refractivity contribution in [1.82, 2.24) is 5.32 Å². The average molecular weight is 549 g/mol. The first-order chi connectivity index (χ1) is 17.3. The van der Waals surface area contributed by atoms with E-state index < -0.39 is 5.92 Å². The topological polar surface area (TPSA) is 84.5 Å². The van der Waals surface area contributed by atoms with Crippen LogP contribution in [0.1, 0.15) is 61.1 Å². The van der Waals surface area contributed by atoms with Crippen LogP contribution in [0.5, 0.6) is 5.75 Å². The second-order valence-corrected chi connectivity index (χ2v) is 10.6. The molecule has 0 radical (unpaired) electrons. The number of aryl methyl sites for hydroxylation is 2. The predicted molar refractivity (Wildman–Crippen MR) is 142 cm³/mol. The van der Waals surface area contributed by atoms with Crippen molar-refractivity contribution < 1.29 is 19.1 Å². The highest BCUT2D eigenvalue weighted by Gasteiger charge is 2.41. The number of ketones is 2. The highest BCUT2D eigenvalue weighted by Crippen LogP contribution is 2.48. The third-order valence-corrected chi connectivity index (χ3v) is 7.59. The number of nitrogens with one attached hydrogen (secondary N) is 2. The molecule has 3 aliphatic rings. The van der Waals surface area contributed by atoms with Crippen molar-refractivity contribution in [1.29, 1.82) is 0 Å². The summed E-state index contributed by atoms with van der Waals surface area (Å²) < 4.78 is 6.88. The Morgan fingerprint density at radius 1 is 0.972 bits per heavy atom. The number of allylic oxidation sites excluding steroid dienone is 4. The molecule has 2 N–H and O–H groups in total. The summed E-state index contributed by atoms with van der Waals surface area (Å²) >= 11 is 3.56. The Morgan fingerprint density at radius 3 is 2.31 bits per heavy atom. The van der Waals surface area contributed by atoms with Crippen LogP contribution in [-0.2, 0) is 14.4 Å². The van der Waals surface area contributed by atoms with E-state index in [1.165, 1.54) is 0 Å². The van der Waals surface area contributed by atoms with Gasteiger partial charge in [0.15, 0.2) is 18.2 Å². The minimum absolute atomic E-state index is 0.0669. The lowest BCUT2D eigenvalue weighted by atomic mass is 9.71. The Kier molecular flexibility index (Phi) is 6.84. The molecule has 0 fully saturated rings. The van der Waals surface area contributed by atoms with Crippen LogP contribution in [0.25, 0.3) is 0 Å². The summed E-state index contributed by atoms with van der Waals surface area (Å²) in [6, 6.07) is 11.5. The zero-order valence-electron chi connectivity index (χ0n) is 20.5. The maximum atomic E-state index is 13.2. The SMILES string of the molecule is Cc1ccc(C)c(NC(=O)COc2ccc(Br)cc2C2C3=C(CCCC3=O)NC3=C2C(=O)CCC3)c1. The van der Waals surface area contributed by atoms with Crippen LogP contribution in [0.2, 0.25) is 0 Å². The fourth-order valence-corrected chi connectivity index (χ4v) is 5.75. The third-order valence-electron chi connectivity index (χ3n) is 7.10. The van der Waals surface area contributed by atoms with Gasteiger partial charge in [-0.3, -0.25) is 14.4 Å². The lowest BCUT2D eigenvalue weighted by Crippen LogP contribution is -2.36. The van der Waals surface area contributed by atoms with E-state index in [0.29, 0.717) is 29.7 Å². The summed E-state index contributed by atoms with van der Waals surface area (Å²) in [5.74, 6) is -0.136. The Labute approximate surface area is 219 Å². The standard InChI is InChI=1S/C29H29BrN2O4/c1-16-9-10-17(2)22(13-16)32-26(35)15-36-25-12-11-18(30)14-19(25)27-28-20(5-3-7-23(28)33)31-21-6-4-8-24(34)29(21)27/h9-14,27,31H,3-8,15H2,1-2H3,(H,32,35). The smallest absolute Gasteiger partial charge is 0.262 e. The number of ether oxygens (including phenoxy) is 1. The van der Waals surface area contributed by atoms with Gasteiger partial charge in [-0.1, -0.05) is 28.1 Å². The van der Waals surface area contributed by atoms with E-state index >= 15 is 0 Å². The first-order valence-electron chi connectivity index (χ1n) is 12.4. The molecule has 0 saturated heterocycles. The molecule has 36 heavy (non-hydrogen) atoms. The Hall–Kier alpha value is -3.19. The lowest BCUT2D eigenvalue weighted by molar-refractivity contribution is -0.119. The van der Waals surface area contributed by atoms with E-state index in [9.17, 15) is 14.4 Å². The molecule has 1 heterocycles. The zero-order valence-corrected chi connectivity index (χ0v) is 22.1. The number of carbonyl (C=O) groups is 3. The molecule has 2 aromatic carbocycles. The van der Waals surface area contributed by atoms with Crippen LogP contribution >= 0.6 is 15.9 Å². The van der Waals surface area contributed by atoms with E-state index in [2.05, 4.69) is 26.6 Å². The summed E-state index contributed by atoms with van der Waals surface area (Å²) in [4.78, 5) is 39.1. The van der Waals surface area contributed by atoms with Gasteiger partial charge in [-0.25, -0.2) is 0 Å². The largest absolute Gasteiger partial charge is 0.483 e. The molecule has 186 valence electrons. The molecule has 0 bridgehead atoms. The van der Waals surface area contributed by atoms with Gasteiger partial charge < -0.3 is 15.4 Å². The number of anilines is 1. The van der Waals surface area contributed by atoms with Crippen molar-refractivity contribution in [2.24, 2.45) is 0 Å². The molecule has 5 rings (SSSR count). The van der Waals surface area contributed by atoms with E-state index in [4.69, 9.17) is 4.74 Å². The molecule has 0 aromatic heterocycles. The molecule has 1 amide bonds. The van der Waals surface area contributed by atoms with Gasteiger partial charge in [0.2, 0.25) is 0 Å². The van der Waals surface area contributed by atoms with E-state index in [0.717, 1.165) is 63.9 Å². The Bertz CT molecular complexity index is 1300. The molecule has 2 aliphatic carbocycles. The number of benzene rings is 2. The molecular formula is C29H29BrN2O4. The van der Waals surface area contributed by atoms with Gasteiger partial charge in [0.1, 0.15) is 5.75 Å². The number of halogens is 1. The van der Waals surface area contributed by atoms with Crippen molar-refractivity contribution in [3.05, 3.63) is 80.1 Å². The number of dihydropyridines is 1. The summed E-state index contributed by atoms with van der Waals surface area (Å²) in [6.45, 7) is 3.73. The quantitative estimate of drug-likeness (QED) is 0.494. The van der Waals surface area contributed by atoms with Gasteiger partial charge >= 0.3 is 0 Å². The van der Waals surface area contributed by atoms with Crippen molar-refractivity contribution >= 4 is 39.1 Å². The van der Waals surface area contributed by atoms with Gasteiger partial charge in [0.25, 0.3) is 5.91 Å². The van der Waals surface area contributed by atoms with E-state index in [1.54, 1.807) is 6.07 Å². The molecule has 0 unspecified atom stereocenters. The van der Waals surface area contributed by atoms with E-state index in [-0.39, 0.29) is 24.1 Å². The van der Waals surface area contributed by atoms with Crippen LogP contribution in [0.15, 0.2) is 63.4 Å². The normalized spacial score (nSPS) is 18.0. The minimum atomic E-state index is -0.494. The summed E-state index contributed by atoms with van der Waals surface area (Å²) in [6.07, 6.45) is 4.10. The zero-order chi connectivity index (χ0) is 25.4. The molecule has 2 aromatic rings. The number of hydrogen-bond donors (Lipinski definition) is 2. The first-order valence-corrected chi connectivity index (χ1v) is 13.2. The predicted octanol–water partition coefficient (Wildman–Crippen LogP) is 5.78. The lowest BCUT2D eigenvalue weighted by Gasteiger charge is -2.37.